The van der Waals surface area contributed by atoms with Crippen LogP contribution in [0.25, 0.3) is 16.3 Å². The lowest BCUT2D eigenvalue weighted by molar-refractivity contribution is 0.251. The summed E-state index contributed by atoms with van der Waals surface area (Å²) < 4.78 is 1.27. The average molecular weight is 551 g/mol. The van der Waals surface area contributed by atoms with Crippen molar-refractivity contribution in [3.63, 3.8) is 0 Å². The van der Waals surface area contributed by atoms with E-state index in [0.717, 1.165) is 36.2 Å². The zero-order valence-electron chi connectivity index (χ0n) is 23.5. The Labute approximate surface area is 241 Å². The van der Waals surface area contributed by atoms with Crippen molar-refractivity contribution >= 4 is 45.1 Å². The van der Waals surface area contributed by atoms with Gasteiger partial charge in [-0.3, -0.25) is 0 Å². The topological polar surface area (TPSA) is 24.9 Å². The summed E-state index contributed by atoms with van der Waals surface area (Å²) in [6.45, 7) is 9.61. The number of nitrogens with one attached hydrogen (secondary N) is 1. The van der Waals surface area contributed by atoms with Gasteiger partial charge in [0.15, 0.2) is 0 Å². The first-order valence-electron chi connectivity index (χ1n) is 14.1. The highest BCUT2D eigenvalue weighted by Crippen LogP contribution is 2.45. The summed E-state index contributed by atoms with van der Waals surface area (Å²) >= 11 is 3.64. The maximum absolute atomic E-state index is 4.87. The Morgan fingerprint density at radius 1 is 0.923 bits per heavy atom. The Kier molecular flexibility index (Phi) is 7.20. The van der Waals surface area contributed by atoms with Crippen molar-refractivity contribution in [2.45, 2.75) is 64.7 Å². The molecule has 2 nitrogen and oxygen atoms in total. The standard InChI is InChI=1S/C35H38N2S2/c1-34(2)20-24(16-26(22-34)18-32-36-28-12-5-7-14-30(28)38-32)10-9-11-25-17-27(23-35(3,4)21-25)19-33-37-29-13-6-8-15-31(29)39-33/h5-16,18-19,25,36H,17,20-23H2,1-4H3/b11-9+,24-10-,27-19-,32-18-. The molecule has 1 aromatic heterocycles. The Balaban J connectivity index is 1.18. The van der Waals surface area contributed by atoms with Gasteiger partial charge < -0.3 is 5.32 Å². The van der Waals surface area contributed by atoms with Gasteiger partial charge in [0.2, 0.25) is 0 Å². The van der Waals surface area contributed by atoms with Crippen LogP contribution in [-0.4, -0.2) is 4.98 Å². The fourth-order valence-electron chi connectivity index (χ4n) is 6.46. The Morgan fingerprint density at radius 2 is 1.74 bits per heavy atom. The summed E-state index contributed by atoms with van der Waals surface area (Å²) in [6.07, 6.45) is 20.0. The van der Waals surface area contributed by atoms with Gasteiger partial charge >= 0.3 is 0 Å². The molecule has 1 fully saturated rings. The molecule has 1 atom stereocenters. The van der Waals surface area contributed by atoms with Gasteiger partial charge in [-0.05, 0) is 96.4 Å². The lowest BCUT2D eigenvalue weighted by atomic mass is 9.70. The van der Waals surface area contributed by atoms with Crippen molar-refractivity contribution in [2.24, 2.45) is 16.7 Å². The smallest absolute Gasteiger partial charge is 0.117 e. The normalized spacial score (nSPS) is 25.4. The minimum atomic E-state index is 0.261. The SMILES string of the molecule is CC1(C)CC(/C=C2/Nc3ccccc3S2)=CC(=C/C=C/C2C/C(=C/c3nc4ccccc4s3)CC(C)(C)C2)/C1. The van der Waals surface area contributed by atoms with Crippen molar-refractivity contribution in [1.82, 2.24) is 4.98 Å². The first kappa shape index (κ1) is 26.4. The van der Waals surface area contributed by atoms with E-state index < -0.39 is 0 Å². The van der Waals surface area contributed by atoms with Crippen LogP contribution in [0.15, 0.2) is 106 Å². The van der Waals surface area contributed by atoms with E-state index in [1.54, 1.807) is 11.3 Å². The fourth-order valence-corrected chi connectivity index (χ4v) is 8.41. The van der Waals surface area contributed by atoms with Gasteiger partial charge in [0, 0.05) is 4.90 Å². The molecule has 1 saturated carbocycles. The van der Waals surface area contributed by atoms with E-state index in [4.69, 9.17) is 4.98 Å². The molecule has 2 aromatic carbocycles. The molecule has 2 heterocycles. The molecule has 0 amide bonds. The molecule has 3 aromatic rings. The van der Waals surface area contributed by atoms with Crippen LogP contribution in [-0.2, 0) is 0 Å². The fraction of sp³-hybridized carbons (Fsp3) is 0.343. The number of benzene rings is 2. The number of para-hydroxylation sites is 2. The molecule has 0 spiro atoms. The van der Waals surface area contributed by atoms with Gasteiger partial charge in [0.25, 0.3) is 0 Å². The van der Waals surface area contributed by atoms with Crippen molar-refractivity contribution in [1.29, 1.82) is 0 Å². The van der Waals surface area contributed by atoms with Gasteiger partial charge in [0.1, 0.15) is 5.01 Å². The van der Waals surface area contributed by atoms with Crippen LogP contribution in [0.4, 0.5) is 5.69 Å². The summed E-state index contributed by atoms with van der Waals surface area (Å²) in [6, 6.07) is 17.0. The molecule has 0 saturated heterocycles. The highest BCUT2D eigenvalue weighted by Gasteiger charge is 2.30. The molecule has 0 bridgehead atoms. The lowest BCUT2D eigenvalue weighted by Crippen LogP contribution is -2.23. The maximum atomic E-state index is 4.87. The largest absolute Gasteiger partial charge is 0.349 e. The highest BCUT2D eigenvalue weighted by molar-refractivity contribution is 8.03. The molecule has 6 rings (SSSR count). The number of allylic oxidation sites excluding steroid dienone is 8. The van der Waals surface area contributed by atoms with E-state index in [1.165, 1.54) is 43.5 Å². The minimum absolute atomic E-state index is 0.261. The van der Waals surface area contributed by atoms with E-state index >= 15 is 0 Å². The molecule has 0 radical (unpaired) electrons. The second-order valence-corrected chi connectivity index (χ2v) is 15.1. The molecule has 39 heavy (non-hydrogen) atoms. The molecule has 1 aliphatic heterocycles. The quantitative estimate of drug-likeness (QED) is 0.350. The van der Waals surface area contributed by atoms with Crippen LogP contribution < -0.4 is 5.32 Å². The Morgan fingerprint density at radius 3 is 2.59 bits per heavy atom. The van der Waals surface area contributed by atoms with Crippen molar-refractivity contribution in [2.75, 3.05) is 5.32 Å². The third-order valence-electron chi connectivity index (χ3n) is 7.79. The Hall–Kier alpha value is -2.82. The van der Waals surface area contributed by atoms with E-state index in [2.05, 4.69) is 118 Å². The minimum Gasteiger partial charge on any atom is -0.349 e. The van der Waals surface area contributed by atoms with Crippen LogP contribution in [0, 0.1) is 16.7 Å². The summed E-state index contributed by atoms with van der Waals surface area (Å²) in [5.74, 6) is 0.561. The molecular weight excluding hydrogens is 513 g/mol. The molecule has 3 aliphatic rings. The van der Waals surface area contributed by atoms with E-state index in [9.17, 15) is 0 Å². The van der Waals surface area contributed by atoms with Crippen LogP contribution in [0.3, 0.4) is 0 Å². The number of rotatable bonds is 4. The van der Waals surface area contributed by atoms with Gasteiger partial charge in [-0.15, -0.1) is 11.3 Å². The summed E-state index contributed by atoms with van der Waals surface area (Å²) in [7, 11) is 0. The number of aromatic nitrogens is 1. The number of hydrogen-bond acceptors (Lipinski definition) is 4. The number of hydrogen-bond donors (Lipinski definition) is 1. The molecule has 2 aliphatic carbocycles. The van der Waals surface area contributed by atoms with Gasteiger partial charge in [-0.2, -0.15) is 0 Å². The van der Waals surface area contributed by atoms with Crippen molar-refractivity contribution < 1.29 is 0 Å². The zero-order chi connectivity index (χ0) is 27.0. The van der Waals surface area contributed by atoms with Crippen LogP contribution in [0.2, 0.25) is 0 Å². The molecule has 1 unspecified atom stereocenters. The number of fused-ring (bicyclic) bond motifs is 2. The van der Waals surface area contributed by atoms with Gasteiger partial charge in [0.05, 0.1) is 20.9 Å². The monoisotopic (exact) mass is 550 g/mol. The summed E-state index contributed by atoms with van der Waals surface area (Å²) in [5.41, 5.74) is 7.26. The maximum Gasteiger partial charge on any atom is 0.117 e. The number of anilines is 1. The molecular formula is C35H38N2S2. The van der Waals surface area contributed by atoms with E-state index in [-0.39, 0.29) is 5.41 Å². The van der Waals surface area contributed by atoms with Crippen molar-refractivity contribution in [3.05, 3.63) is 106 Å². The molecule has 4 heteroatoms. The predicted octanol–water partition coefficient (Wildman–Crippen LogP) is 10.8. The van der Waals surface area contributed by atoms with Crippen LogP contribution in [0.5, 0.6) is 0 Å². The number of nitrogens with zero attached hydrogens (tertiary/aromatic N) is 1. The van der Waals surface area contributed by atoms with E-state index in [0.29, 0.717) is 11.3 Å². The third kappa shape index (κ3) is 6.50. The summed E-state index contributed by atoms with van der Waals surface area (Å²) in [5, 5.41) is 5.96. The number of thiazole rings is 1. The van der Waals surface area contributed by atoms with E-state index in [1.807, 2.05) is 11.8 Å². The van der Waals surface area contributed by atoms with Crippen molar-refractivity contribution in [3.8, 4) is 0 Å². The zero-order valence-corrected chi connectivity index (χ0v) is 25.1. The number of thioether (sulfide) groups is 1. The lowest BCUT2D eigenvalue weighted by Gasteiger charge is -2.35. The molecule has 200 valence electrons. The molecule has 1 N–H and O–H groups in total. The summed E-state index contributed by atoms with van der Waals surface area (Å²) in [4.78, 5) is 6.18. The predicted molar refractivity (Wildman–Crippen MR) is 171 cm³/mol. The van der Waals surface area contributed by atoms with Gasteiger partial charge in [-0.1, -0.05) is 93.6 Å². The van der Waals surface area contributed by atoms with Crippen LogP contribution in [0.1, 0.15) is 64.8 Å². The first-order valence-corrected chi connectivity index (χ1v) is 15.7. The average Bonchev–Trinajstić information content (AvgIpc) is 3.44. The third-order valence-corrected chi connectivity index (χ3v) is 9.79. The van der Waals surface area contributed by atoms with Crippen LogP contribution >= 0.6 is 23.1 Å². The first-order chi connectivity index (χ1) is 18.7. The highest BCUT2D eigenvalue weighted by atomic mass is 32.2. The second-order valence-electron chi connectivity index (χ2n) is 12.9. The van der Waals surface area contributed by atoms with Gasteiger partial charge in [-0.25, -0.2) is 4.98 Å². The Bertz CT molecular complexity index is 1480. The second kappa shape index (κ2) is 10.6.